The standard InChI is InChI=1S/C9H13FN2O/c1-9(12,5-13)6-3-2-4-7(10)8(6)11/h2-4,13H,5,11-12H2,1H3/t9-/m1/s1. The molecule has 0 fully saturated rings. The molecule has 0 saturated carbocycles. The van der Waals surface area contributed by atoms with Gasteiger partial charge in [-0.2, -0.15) is 0 Å². The van der Waals surface area contributed by atoms with Crippen LogP contribution in [0.25, 0.3) is 0 Å². The molecule has 4 heteroatoms. The quantitative estimate of drug-likeness (QED) is 0.588. The molecule has 0 amide bonds. The summed E-state index contributed by atoms with van der Waals surface area (Å²) < 4.78 is 13.0. The fraction of sp³-hybridized carbons (Fsp3) is 0.333. The van der Waals surface area contributed by atoms with Crippen LogP contribution in [-0.2, 0) is 5.54 Å². The molecule has 72 valence electrons. The number of aliphatic hydroxyl groups excluding tert-OH is 1. The van der Waals surface area contributed by atoms with Crippen molar-refractivity contribution in [1.29, 1.82) is 0 Å². The SMILES string of the molecule is C[C@@](N)(CO)c1cccc(F)c1N. The molecule has 0 aliphatic heterocycles. The molecule has 0 saturated heterocycles. The van der Waals surface area contributed by atoms with Crippen LogP contribution in [0.5, 0.6) is 0 Å². The summed E-state index contributed by atoms with van der Waals surface area (Å²) in [6.07, 6.45) is 0. The Morgan fingerprint density at radius 3 is 2.69 bits per heavy atom. The predicted molar refractivity (Wildman–Crippen MR) is 49.4 cm³/mol. The molecule has 5 N–H and O–H groups in total. The third-order valence-electron chi connectivity index (χ3n) is 2.00. The van der Waals surface area contributed by atoms with Crippen molar-refractivity contribution in [3.8, 4) is 0 Å². The van der Waals surface area contributed by atoms with E-state index in [0.29, 0.717) is 5.56 Å². The van der Waals surface area contributed by atoms with Crippen molar-refractivity contribution < 1.29 is 9.50 Å². The highest BCUT2D eigenvalue weighted by Gasteiger charge is 2.23. The van der Waals surface area contributed by atoms with E-state index in [2.05, 4.69) is 0 Å². The van der Waals surface area contributed by atoms with Gasteiger partial charge < -0.3 is 16.6 Å². The molecule has 0 bridgehead atoms. The molecule has 13 heavy (non-hydrogen) atoms. The smallest absolute Gasteiger partial charge is 0.146 e. The fourth-order valence-electron chi connectivity index (χ4n) is 1.12. The summed E-state index contributed by atoms with van der Waals surface area (Å²) in [7, 11) is 0. The molecule has 0 aliphatic rings. The Morgan fingerprint density at radius 2 is 2.15 bits per heavy atom. The highest BCUT2D eigenvalue weighted by molar-refractivity contribution is 5.51. The van der Waals surface area contributed by atoms with Gasteiger partial charge in [-0.15, -0.1) is 0 Å². The lowest BCUT2D eigenvalue weighted by molar-refractivity contribution is 0.210. The van der Waals surface area contributed by atoms with Crippen LogP contribution in [0.15, 0.2) is 18.2 Å². The molecule has 0 radical (unpaired) electrons. The number of nitrogen functional groups attached to an aromatic ring is 1. The molecular formula is C9H13FN2O. The Bertz CT molecular complexity index is 312. The number of aliphatic hydroxyl groups is 1. The molecule has 0 aromatic heterocycles. The minimum absolute atomic E-state index is 0.00144. The molecule has 3 nitrogen and oxygen atoms in total. The van der Waals surface area contributed by atoms with Crippen LogP contribution in [0.1, 0.15) is 12.5 Å². The van der Waals surface area contributed by atoms with E-state index in [4.69, 9.17) is 16.6 Å². The number of anilines is 1. The largest absolute Gasteiger partial charge is 0.396 e. The molecule has 0 aliphatic carbocycles. The Labute approximate surface area is 76.2 Å². The number of hydrogen-bond acceptors (Lipinski definition) is 3. The number of para-hydroxylation sites is 1. The van der Waals surface area contributed by atoms with Crippen LogP contribution in [-0.4, -0.2) is 11.7 Å². The Kier molecular flexibility index (Phi) is 2.54. The van der Waals surface area contributed by atoms with Gasteiger partial charge >= 0.3 is 0 Å². The van der Waals surface area contributed by atoms with Crippen molar-refractivity contribution in [3.63, 3.8) is 0 Å². The summed E-state index contributed by atoms with van der Waals surface area (Å²) in [5, 5.41) is 8.96. The van der Waals surface area contributed by atoms with Crippen molar-refractivity contribution in [2.45, 2.75) is 12.5 Å². The minimum Gasteiger partial charge on any atom is -0.396 e. The second kappa shape index (κ2) is 3.32. The Hall–Kier alpha value is -1.13. The molecule has 1 atom stereocenters. The summed E-state index contributed by atoms with van der Waals surface area (Å²) in [6.45, 7) is 1.32. The van der Waals surface area contributed by atoms with Crippen molar-refractivity contribution in [3.05, 3.63) is 29.6 Å². The van der Waals surface area contributed by atoms with Crippen LogP contribution in [0.2, 0.25) is 0 Å². The van der Waals surface area contributed by atoms with Crippen LogP contribution in [0.4, 0.5) is 10.1 Å². The van der Waals surface area contributed by atoms with Gasteiger partial charge in [0.25, 0.3) is 0 Å². The highest BCUT2D eigenvalue weighted by atomic mass is 19.1. The first-order chi connectivity index (χ1) is 5.99. The van der Waals surface area contributed by atoms with Crippen molar-refractivity contribution in [1.82, 2.24) is 0 Å². The van der Waals surface area contributed by atoms with E-state index < -0.39 is 11.4 Å². The second-order valence-electron chi connectivity index (χ2n) is 3.28. The van der Waals surface area contributed by atoms with Gasteiger partial charge in [-0.25, -0.2) is 4.39 Å². The average molecular weight is 184 g/mol. The van der Waals surface area contributed by atoms with Gasteiger partial charge in [0, 0.05) is 0 Å². The molecule has 1 aromatic carbocycles. The van der Waals surface area contributed by atoms with Crippen molar-refractivity contribution in [2.24, 2.45) is 5.73 Å². The van der Waals surface area contributed by atoms with Gasteiger partial charge in [0.05, 0.1) is 17.8 Å². The van der Waals surface area contributed by atoms with E-state index in [1.807, 2.05) is 0 Å². The third-order valence-corrected chi connectivity index (χ3v) is 2.00. The molecule has 1 rings (SSSR count). The van der Waals surface area contributed by atoms with Crippen LogP contribution in [0.3, 0.4) is 0 Å². The monoisotopic (exact) mass is 184 g/mol. The second-order valence-corrected chi connectivity index (χ2v) is 3.28. The molecule has 0 spiro atoms. The minimum atomic E-state index is -0.994. The summed E-state index contributed by atoms with van der Waals surface area (Å²) in [6, 6.07) is 4.38. The summed E-state index contributed by atoms with van der Waals surface area (Å²) in [5.41, 5.74) is 10.6. The predicted octanol–water partition coefficient (Wildman–Crippen LogP) is 0.574. The molecular weight excluding hydrogens is 171 g/mol. The van der Waals surface area contributed by atoms with Gasteiger partial charge in [-0.3, -0.25) is 0 Å². The van der Waals surface area contributed by atoms with Crippen LogP contribution >= 0.6 is 0 Å². The van der Waals surface area contributed by atoms with Crippen molar-refractivity contribution in [2.75, 3.05) is 12.3 Å². The molecule has 0 heterocycles. The summed E-state index contributed by atoms with van der Waals surface area (Å²) in [4.78, 5) is 0. The average Bonchev–Trinajstić information content (AvgIpc) is 2.09. The maximum atomic E-state index is 13.0. The van der Waals surface area contributed by atoms with Crippen LogP contribution in [0, 0.1) is 5.82 Å². The van der Waals surface area contributed by atoms with E-state index in [1.165, 1.54) is 12.1 Å². The normalized spacial score (nSPS) is 15.4. The van der Waals surface area contributed by atoms with E-state index in [1.54, 1.807) is 13.0 Å². The van der Waals surface area contributed by atoms with Gasteiger partial charge in [0.15, 0.2) is 0 Å². The van der Waals surface area contributed by atoms with Gasteiger partial charge in [-0.1, -0.05) is 12.1 Å². The summed E-state index contributed by atoms with van der Waals surface area (Å²) >= 11 is 0. The lowest BCUT2D eigenvalue weighted by Gasteiger charge is -2.23. The zero-order valence-corrected chi connectivity index (χ0v) is 7.42. The maximum Gasteiger partial charge on any atom is 0.146 e. The van der Waals surface area contributed by atoms with E-state index in [-0.39, 0.29) is 12.3 Å². The first-order valence-corrected chi connectivity index (χ1v) is 3.93. The number of benzene rings is 1. The zero-order valence-electron chi connectivity index (χ0n) is 7.42. The maximum absolute atomic E-state index is 13.0. The van der Waals surface area contributed by atoms with Gasteiger partial charge in [0.2, 0.25) is 0 Å². The fourth-order valence-corrected chi connectivity index (χ4v) is 1.12. The van der Waals surface area contributed by atoms with E-state index in [9.17, 15) is 4.39 Å². The first kappa shape index (κ1) is 9.95. The van der Waals surface area contributed by atoms with Crippen LogP contribution < -0.4 is 11.5 Å². The zero-order chi connectivity index (χ0) is 10.1. The van der Waals surface area contributed by atoms with Crippen molar-refractivity contribution >= 4 is 5.69 Å². The third kappa shape index (κ3) is 1.79. The molecule has 0 unspecified atom stereocenters. The Balaban J connectivity index is 3.22. The number of rotatable bonds is 2. The lowest BCUT2D eigenvalue weighted by atomic mass is 9.92. The highest BCUT2D eigenvalue weighted by Crippen LogP contribution is 2.25. The number of halogens is 1. The lowest BCUT2D eigenvalue weighted by Crippen LogP contribution is -2.37. The topological polar surface area (TPSA) is 72.3 Å². The number of hydrogen-bond donors (Lipinski definition) is 3. The summed E-state index contributed by atoms with van der Waals surface area (Å²) in [5.74, 6) is -0.511. The van der Waals surface area contributed by atoms with E-state index in [0.717, 1.165) is 0 Å². The van der Waals surface area contributed by atoms with E-state index >= 15 is 0 Å². The van der Waals surface area contributed by atoms with Gasteiger partial charge in [-0.05, 0) is 18.6 Å². The van der Waals surface area contributed by atoms with Gasteiger partial charge in [0.1, 0.15) is 5.82 Å². The number of nitrogens with two attached hydrogens (primary N) is 2. The molecule has 1 aromatic rings. The first-order valence-electron chi connectivity index (χ1n) is 3.93. The Morgan fingerprint density at radius 1 is 1.54 bits per heavy atom.